The van der Waals surface area contributed by atoms with Crippen molar-refractivity contribution >= 4 is 34.9 Å². The van der Waals surface area contributed by atoms with Crippen molar-refractivity contribution in [1.82, 2.24) is 25.2 Å². The lowest BCUT2D eigenvalue weighted by molar-refractivity contribution is -0.122. The summed E-state index contributed by atoms with van der Waals surface area (Å²) in [6.07, 6.45) is 5.99. The summed E-state index contributed by atoms with van der Waals surface area (Å²) in [5.74, 6) is 2.44. The quantitative estimate of drug-likeness (QED) is 0.194. The molecule has 2 aromatic heterocycles. The maximum Gasteiger partial charge on any atom is 0.242 e. The minimum Gasteiger partial charge on any atom is -0.493 e. The molecule has 4 aromatic rings. The number of fused-ring (bicyclic) bond motifs is 4. The summed E-state index contributed by atoms with van der Waals surface area (Å²) in [7, 11) is 4.67. The maximum atomic E-state index is 13.8. The van der Waals surface area contributed by atoms with Crippen molar-refractivity contribution in [3.8, 4) is 28.4 Å². The van der Waals surface area contributed by atoms with Crippen LogP contribution in [0.4, 0.5) is 5.69 Å². The highest BCUT2D eigenvalue weighted by atomic mass is 32.2. The van der Waals surface area contributed by atoms with Crippen LogP contribution in [0.25, 0.3) is 16.8 Å². The molecule has 0 fully saturated rings. The molecule has 2 aromatic carbocycles. The number of rotatable bonds is 13. The molecule has 0 radical (unpaired) electrons. The molecule has 5 rings (SSSR count). The number of thioether (sulfide) groups is 1. The van der Waals surface area contributed by atoms with Crippen molar-refractivity contribution in [3.05, 3.63) is 75.8 Å². The Morgan fingerprint density at radius 2 is 1.87 bits per heavy atom. The van der Waals surface area contributed by atoms with Gasteiger partial charge in [-0.25, -0.2) is 0 Å². The van der Waals surface area contributed by atoms with E-state index in [4.69, 9.17) is 14.2 Å². The predicted octanol–water partition coefficient (Wildman–Crippen LogP) is 3.80. The number of hydrogen-bond acceptors (Lipinski definition) is 10. The predicted molar refractivity (Wildman–Crippen MR) is 183 cm³/mol. The number of amides is 2. The minimum absolute atomic E-state index is 0.209. The number of aryl methyl sites for hydroxylation is 1. The molecule has 2 atom stereocenters. The van der Waals surface area contributed by atoms with Gasteiger partial charge in [0.2, 0.25) is 23.0 Å². The van der Waals surface area contributed by atoms with Crippen molar-refractivity contribution in [3.63, 3.8) is 0 Å². The molecule has 0 saturated heterocycles. The van der Waals surface area contributed by atoms with Gasteiger partial charge < -0.3 is 30.2 Å². The fourth-order valence-electron chi connectivity index (χ4n) is 6.00. The third-order valence-corrected chi connectivity index (χ3v) is 8.85. The fraction of sp³-hybridized carbons (Fsp3) is 0.382. The van der Waals surface area contributed by atoms with Gasteiger partial charge in [0.15, 0.2) is 17.1 Å². The van der Waals surface area contributed by atoms with Crippen molar-refractivity contribution < 1.29 is 23.8 Å². The third kappa shape index (κ3) is 7.30. The Hall–Kier alpha value is -4.78. The molecule has 2 unspecified atom stereocenters. The zero-order valence-electron chi connectivity index (χ0n) is 27.2. The van der Waals surface area contributed by atoms with E-state index in [1.807, 2.05) is 47.2 Å². The lowest BCUT2D eigenvalue weighted by atomic mass is 9.95. The summed E-state index contributed by atoms with van der Waals surface area (Å²) >= 11 is 1.62. The largest absolute Gasteiger partial charge is 0.493 e. The van der Waals surface area contributed by atoms with Gasteiger partial charge in [0, 0.05) is 31.6 Å². The lowest BCUT2D eigenvalue weighted by Gasteiger charge is -2.19. The first-order valence-corrected chi connectivity index (χ1v) is 16.8. The van der Waals surface area contributed by atoms with Gasteiger partial charge in [-0.15, -0.1) is 10.2 Å². The van der Waals surface area contributed by atoms with Crippen molar-refractivity contribution in [1.29, 1.82) is 0 Å². The Bertz CT molecular complexity index is 1830. The van der Waals surface area contributed by atoms with Gasteiger partial charge in [0.1, 0.15) is 11.9 Å². The smallest absolute Gasteiger partial charge is 0.242 e. The molecule has 0 aliphatic heterocycles. The van der Waals surface area contributed by atoms with Crippen molar-refractivity contribution in [2.75, 3.05) is 45.2 Å². The van der Waals surface area contributed by atoms with Crippen LogP contribution in [0.2, 0.25) is 0 Å². The number of hydrogen-bond donors (Lipinski definition) is 3. The minimum atomic E-state index is -0.662. The molecular weight excluding hydrogens is 620 g/mol. The van der Waals surface area contributed by atoms with Gasteiger partial charge in [-0.1, -0.05) is 12.1 Å². The summed E-state index contributed by atoms with van der Waals surface area (Å²) in [4.78, 5) is 39.6. The number of benzene rings is 1. The number of anilines is 1. The third-order valence-electron chi connectivity index (χ3n) is 8.21. The second-order valence-electron chi connectivity index (χ2n) is 11.2. The van der Waals surface area contributed by atoms with Gasteiger partial charge >= 0.3 is 0 Å². The van der Waals surface area contributed by atoms with Crippen LogP contribution in [0.1, 0.15) is 42.8 Å². The summed E-state index contributed by atoms with van der Waals surface area (Å²) in [6, 6.07) is 11.6. The Kier molecular flexibility index (Phi) is 10.9. The number of nitrogens with zero attached hydrogens (tertiary/aromatic N) is 3. The number of carbonyl (C=O) groups excluding carboxylic acids is 2. The number of ether oxygens (including phenoxy) is 3. The molecule has 3 N–H and O–H groups in total. The molecule has 0 spiro atoms. The lowest BCUT2D eigenvalue weighted by Crippen LogP contribution is -2.41. The average molecular weight is 661 g/mol. The second kappa shape index (κ2) is 15.2. The van der Waals surface area contributed by atoms with E-state index in [0.717, 1.165) is 22.6 Å². The molecule has 2 amide bonds. The van der Waals surface area contributed by atoms with E-state index in [9.17, 15) is 14.4 Å². The van der Waals surface area contributed by atoms with Crippen LogP contribution >= 0.6 is 11.8 Å². The van der Waals surface area contributed by atoms with Gasteiger partial charge in [-0.2, -0.15) is 11.8 Å². The van der Waals surface area contributed by atoms with Crippen LogP contribution in [-0.4, -0.2) is 72.3 Å². The zero-order chi connectivity index (χ0) is 33.5. The SMILES string of the molecule is COc1cc2c(c(OC)c1OC)-c1ccc(NC(CCSC)C(=O)NCCc3nnc4ccccn34)c(=O)cc1C(NC(C)=O)CC2. The molecule has 47 heavy (non-hydrogen) atoms. The van der Waals surface area contributed by atoms with Gasteiger partial charge in [-0.05, 0) is 78.3 Å². The highest BCUT2D eigenvalue weighted by molar-refractivity contribution is 7.98. The van der Waals surface area contributed by atoms with E-state index in [0.29, 0.717) is 66.4 Å². The number of aromatic nitrogens is 3. The molecule has 12 nitrogen and oxygen atoms in total. The molecule has 2 heterocycles. The van der Waals surface area contributed by atoms with Crippen LogP contribution in [0.5, 0.6) is 17.2 Å². The standard InChI is InChI=1S/C34H40N6O6S/c1-20(41)36-24-11-9-21-18-28(44-2)32(45-3)33(46-4)31(21)22-10-12-25(27(42)19-23(22)24)37-26(14-17-47-5)34(43)35-15-13-30-39-38-29-8-6-7-16-40(29)30/h6-8,10,12,16,18-19,24,26H,9,11,13-15,17H2,1-5H3,(H,35,43)(H,36,41)(H,37,42). The topological polar surface area (TPSA) is 145 Å². The Morgan fingerprint density at radius 1 is 1.06 bits per heavy atom. The number of methoxy groups -OCH3 is 3. The molecule has 0 saturated carbocycles. The Labute approximate surface area is 277 Å². The molecule has 248 valence electrons. The van der Waals surface area contributed by atoms with E-state index in [1.165, 1.54) is 6.92 Å². The van der Waals surface area contributed by atoms with Crippen LogP contribution in [-0.2, 0) is 22.4 Å². The first kappa shape index (κ1) is 33.6. The first-order chi connectivity index (χ1) is 22.8. The van der Waals surface area contributed by atoms with Crippen LogP contribution in [0.15, 0.2) is 53.5 Å². The van der Waals surface area contributed by atoms with Crippen LogP contribution in [0, 0.1) is 0 Å². The van der Waals surface area contributed by atoms with Gasteiger partial charge in [0.05, 0.1) is 33.1 Å². The van der Waals surface area contributed by atoms with E-state index in [1.54, 1.807) is 45.2 Å². The van der Waals surface area contributed by atoms with Crippen LogP contribution < -0.4 is 35.6 Å². The highest BCUT2D eigenvalue weighted by Gasteiger charge is 2.30. The fourth-order valence-corrected chi connectivity index (χ4v) is 6.47. The Morgan fingerprint density at radius 3 is 2.60 bits per heavy atom. The van der Waals surface area contributed by atoms with E-state index < -0.39 is 12.1 Å². The molecule has 13 heteroatoms. The molecular formula is C34H40N6O6S. The van der Waals surface area contributed by atoms with Gasteiger partial charge in [-0.3, -0.25) is 18.8 Å². The normalized spacial score (nSPS) is 14.3. The van der Waals surface area contributed by atoms with Crippen LogP contribution in [0.3, 0.4) is 0 Å². The summed E-state index contributed by atoms with van der Waals surface area (Å²) < 4.78 is 19.1. The average Bonchev–Trinajstić information content (AvgIpc) is 3.34. The summed E-state index contributed by atoms with van der Waals surface area (Å²) in [5.41, 5.74) is 3.75. The maximum absolute atomic E-state index is 13.8. The van der Waals surface area contributed by atoms with E-state index in [-0.39, 0.29) is 22.9 Å². The molecule has 1 aliphatic carbocycles. The number of nitrogens with one attached hydrogen (secondary N) is 3. The number of pyridine rings is 1. The molecule has 0 bridgehead atoms. The first-order valence-electron chi connectivity index (χ1n) is 15.4. The van der Waals surface area contributed by atoms with Gasteiger partial charge in [0.25, 0.3) is 0 Å². The van der Waals surface area contributed by atoms with E-state index in [2.05, 4.69) is 26.1 Å². The molecule has 1 aliphatic rings. The highest BCUT2D eigenvalue weighted by Crippen LogP contribution is 2.50. The second-order valence-corrected chi connectivity index (χ2v) is 12.1. The van der Waals surface area contributed by atoms with Crippen molar-refractivity contribution in [2.24, 2.45) is 0 Å². The van der Waals surface area contributed by atoms with E-state index >= 15 is 0 Å². The monoisotopic (exact) mass is 660 g/mol. The van der Waals surface area contributed by atoms with Crippen molar-refractivity contribution in [2.45, 2.75) is 44.7 Å². The Balaban J connectivity index is 1.49. The zero-order valence-corrected chi connectivity index (χ0v) is 28.0. The summed E-state index contributed by atoms with van der Waals surface area (Å²) in [6.45, 7) is 1.81. The summed E-state index contributed by atoms with van der Waals surface area (Å²) in [5, 5.41) is 17.7. The number of carbonyl (C=O) groups is 2.